The number of primary amides is 1. The van der Waals surface area contributed by atoms with Gasteiger partial charge in [-0.2, -0.15) is 0 Å². The minimum absolute atomic E-state index is 0.0515. The second kappa shape index (κ2) is 3.75. The van der Waals surface area contributed by atoms with Crippen LogP contribution in [0.1, 0.15) is 15.9 Å². The molecule has 0 spiro atoms. The van der Waals surface area contributed by atoms with Gasteiger partial charge in [-0.15, -0.1) is 0 Å². The Bertz CT molecular complexity index is 378. The standard InChI is InChI=1S/C8H7BrN2O3/c1-4-2-3-5(9)7(11(13)14)6(4)8(10)12/h2-3H,1H3,(H2,10,12). The Labute approximate surface area is 88.2 Å². The fourth-order valence-corrected chi connectivity index (χ4v) is 1.63. The van der Waals surface area contributed by atoms with Crippen molar-refractivity contribution in [3.8, 4) is 0 Å². The summed E-state index contributed by atoms with van der Waals surface area (Å²) in [7, 11) is 0. The van der Waals surface area contributed by atoms with Gasteiger partial charge >= 0.3 is 0 Å². The molecule has 74 valence electrons. The Kier molecular flexibility index (Phi) is 2.85. The van der Waals surface area contributed by atoms with Crippen molar-refractivity contribution in [2.24, 2.45) is 5.73 Å². The first-order chi connectivity index (χ1) is 6.45. The third-order valence-corrected chi connectivity index (χ3v) is 2.41. The van der Waals surface area contributed by atoms with Gasteiger partial charge in [-0.05, 0) is 34.5 Å². The Hall–Kier alpha value is -1.43. The molecule has 1 amide bonds. The summed E-state index contributed by atoms with van der Waals surface area (Å²) in [4.78, 5) is 21.0. The quantitative estimate of drug-likeness (QED) is 0.648. The molecule has 6 heteroatoms. The third kappa shape index (κ3) is 1.74. The normalized spacial score (nSPS) is 9.86. The van der Waals surface area contributed by atoms with Gasteiger partial charge in [-0.1, -0.05) is 6.07 Å². The lowest BCUT2D eigenvalue weighted by molar-refractivity contribution is -0.386. The lowest BCUT2D eigenvalue weighted by Gasteiger charge is -2.03. The number of hydrogen-bond acceptors (Lipinski definition) is 3. The lowest BCUT2D eigenvalue weighted by atomic mass is 10.1. The number of hydrogen-bond donors (Lipinski definition) is 1. The molecular formula is C8H7BrN2O3. The highest BCUT2D eigenvalue weighted by atomic mass is 79.9. The number of nitrogens with zero attached hydrogens (tertiary/aromatic N) is 1. The van der Waals surface area contributed by atoms with Crippen LogP contribution in [0.2, 0.25) is 0 Å². The van der Waals surface area contributed by atoms with E-state index in [0.29, 0.717) is 5.56 Å². The molecule has 5 nitrogen and oxygen atoms in total. The van der Waals surface area contributed by atoms with Crippen molar-refractivity contribution in [1.82, 2.24) is 0 Å². The van der Waals surface area contributed by atoms with Gasteiger partial charge in [0.25, 0.3) is 11.6 Å². The van der Waals surface area contributed by atoms with E-state index < -0.39 is 10.8 Å². The van der Waals surface area contributed by atoms with Crippen LogP contribution in [-0.2, 0) is 0 Å². The minimum atomic E-state index is -0.796. The van der Waals surface area contributed by atoms with Gasteiger partial charge in [0.2, 0.25) is 0 Å². The van der Waals surface area contributed by atoms with E-state index in [9.17, 15) is 14.9 Å². The van der Waals surface area contributed by atoms with E-state index in [1.165, 1.54) is 6.07 Å². The highest BCUT2D eigenvalue weighted by molar-refractivity contribution is 9.10. The number of nitro groups is 1. The van der Waals surface area contributed by atoms with E-state index in [1.807, 2.05) is 0 Å². The van der Waals surface area contributed by atoms with Gasteiger partial charge in [0, 0.05) is 0 Å². The predicted octanol–water partition coefficient (Wildman–Crippen LogP) is 1.76. The Balaban J connectivity index is 3.58. The number of rotatable bonds is 2. The van der Waals surface area contributed by atoms with E-state index in [-0.39, 0.29) is 15.7 Å². The molecule has 1 aromatic rings. The van der Waals surface area contributed by atoms with Crippen LogP contribution < -0.4 is 5.73 Å². The number of aryl methyl sites for hydroxylation is 1. The fraction of sp³-hybridized carbons (Fsp3) is 0.125. The van der Waals surface area contributed by atoms with Crippen molar-refractivity contribution < 1.29 is 9.72 Å². The van der Waals surface area contributed by atoms with Crippen LogP contribution in [0.25, 0.3) is 0 Å². The topological polar surface area (TPSA) is 86.2 Å². The predicted molar refractivity (Wildman–Crippen MR) is 54.1 cm³/mol. The molecule has 0 unspecified atom stereocenters. The zero-order chi connectivity index (χ0) is 10.9. The molecule has 0 aliphatic rings. The van der Waals surface area contributed by atoms with Crippen molar-refractivity contribution in [3.05, 3.63) is 37.8 Å². The van der Waals surface area contributed by atoms with Gasteiger partial charge in [-0.25, -0.2) is 0 Å². The van der Waals surface area contributed by atoms with Crippen LogP contribution >= 0.6 is 15.9 Å². The van der Waals surface area contributed by atoms with Crippen LogP contribution in [0, 0.1) is 17.0 Å². The van der Waals surface area contributed by atoms with Gasteiger partial charge < -0.3 is 5.73 Å². The SMILES string of the molecule is Cc1ccc(Br)c([N+](=O)[O-])c1C(N)=O. The molecule has 0 heterocycles. The van der Waals surface area contributed by atoms with Gasteiger partial charge in [0.15, 0.2) is 0 Å². The average Bonchev–Trinajstić information content (AvgIpc) is 2.07. The molecule has 0 aliphatic carbocycles. The second-order valence-electron chi connectivity index (χ2n) is 2.71. The number of halogens is 1. The highest BCUT2D eigenvalue weighted by Gasteiger charge is 2.23. The van der Waals surface area contributed by atoms with Crippen molar-refractivity contribution in [2.45, 2.75) is 6.92 Å². The summed E-state index contributed by atoms with van der Waals surface area (Å²) < 4.78 is 0.252. The molecule has 1 rings (SSSR count). The molecule has 0 aliphatic heterocycles. The molecule has 14 heavy (non-hydrogen) atoms. The number of benzene rings is 1. The molecule has 0 bridgehead atoms. The van der Waals surface area contributed by atoms with E-state index in [0.717, 1.165) is 0 Å². The number of nitro benzene ring substituents is 1. The van der Waals surface area contributed by atoms with E-state index in [2.05, 4.69) is 15.9 Å². The van der Waals surface area contributed by atoms with E-state index in [4.69, 9.17) is 5.73 Å². The summed E-state index contributed by atoms with van der Waals surface area (Å²) in [5.74, 6) is -0.796. The van der Waals surface area contributed by atoms with Crippen LogP contribution in [-0.4, -0.2) is 10.8 Å². The first-order valence-corrected chi connectivity index (χ1v) is 4.47. The second-order valence-corrected chi connectivity index (χ2v) is 3.56. The molecule has 0 aromatic heterocycles. The molecular weight excluding hydrogens is 252 g/mol. The third-order valence-electron chi connectivity index (χ3n) is 1.77. The summed E-state index contributed by atoms with van der Waals surface area (Å²) in [6.45, 7) is 1.60. The maximum atomic E-state index is 11.0. The van der Waals surface area contributed by atoms with Crippen molar-refractivity contribution >= 4 is 27.5 Å². The Morgan fingerprint density at radius 3 is 2.50 bits per heavy atom. The van der Waals surface area contributed by atoms with E-state index in [1.54, 1.807) is 13.0 Å². The summed E-state index contributed by atoms with van der Waals surface area (Å²) in [6.07, 6.45) is 0. The zero-order valence-corrected chi connectivity index (χ0v) is 8.87. The first kappa shape index (κ1) is 10.6. The maximum Gasteiger partial charge on any atom is 0.296 e. The lowest BCUT2D eigenvalue weighted by Crippen LogP contribution is -2.15. The smallest absolute Gasteiger partial charge is 0.296 e. The fourth-order valence-electron chi connectivity index (χ4n) is 1.16. The van der Waals surface area contributed by atoms with E-state index >= 15 is 0 Å². The molecule has 0 radical (unpaired) electrons. The van der Waals surface area contributed by atoms with Crippen LogP contribution in [0.4, 0.5) is 5.69 Å². The summed E-state index contributed by atoms with van der Waals surface area (Å²) >= 11 is 3.00. The van der Waals surface area contributed by atoms with Crippen molar-refractivity contribution in [3.63, 3.8) is 0 Å². The van der Waals surface area contributed by atoms with Crippen LogP contribution in [0.5, 0.6) is 0 Å². The van der Waals surface area contributed by atoms with Gasteiger partial charge in [0.05, 0.1) is 9.40 Å². The minimum Gasteiger partial charge on any atom is -0.365 e. The highest BCUT2D eigenvalue weighted by Crippen LogP contribution is 2.30. The molecule has 0 saturated heterocycles. The molecule has 0 saturated carbocycles. The molecule has 2 N–H and O–H groups in total. The van der Waals surface area contributed by atoms with Gasteiger partial charge in [0.1, 0.15) is 5.56 Å². The van der Waals surface area contributed by atoms with Gasteiger partial charge in [-0.3, -0.25) is 14.9 Å². The first-order valence-electron chi connectivity index (χ1n) is 3.68. The van der Waals surface area contributed by atoms with Crippen molar-refractivity contribution in [2.75, 3.05) is 0 Å². The summed E-state index contributed by atoms with van der Waals surface area (Å²) in [5.41, 5.74) is 5.22. The maximum absolute atomic E-state index is 11.0. The Morgan fingerprint density at radius 1 is 1.57 bits per heavy atom. The van der Waals surface area contributed by atoms with Crippen LogP contribution in [0.15, 0.2) is 16.6 Å². The number of nitrogens with two attached hydrogens (primary N) is 1. The molecule has 1 aromatic carbocycles. The summed E-state index contributed by atoms with van der Waals surface area (Å²) in [5, 5.41) is 10.7. The molecule has 0 atom stereocenters. The number of carbonyl (C=O) groups is 1. The number of amides is 1. The molecule has 0 fully saturated rings. The largest absolute Gasteiger partial charge is 0.365 e. The van der Waals surface area contributed by atoms with Crippen molar-refractivity contribution in [1.29, 1.82) is 0 Å². The Morgan fingerprint density at radius 2 is 2.14 bits per heavy atom. The average molecular weight is 259 g/mol. The zero-order valence-electron chi connectivity index (χ0n) is 7.28. The number of carbonyl (C=O) groups excluding carboxylic acids is 1. The summed E-state index contributed by atoms with van der Waals surface area (Å²) in [6, 6.07) is 3.11. The van der Waals surface area contributed by atoms with Crippen LogP contribution in [0.3, 0.4) is 0 Å². The monoisotopic (exact) mass is 258 g/mol.